The predicted molar refractivity (Wildman–Crippen MR) is 48.3 cm³/mol. The Labute approximate surface area is 65.9 Å². The average Bonchev–Trinajstić information content (AvgIpc) is 2.19. The Morgan fingerprint density at radius 2 is 1.75 bits per heavy atom. The fraction of sp³-hybridized carbons (Fsp3) is 1.00. The molecule has 0 aromatic rings. The average molecular weight is 152 g/mol. The smallest absolute Gasteiger partial charge is 0.0388 e. The first-order valence-electron chi connectivity index (χ1n) is 2.84. The van der Waals surface area contributed by atoms with Crippen LogP contribution in [0, 0.1) is 11.8 Å². The van der Waals surface area contributed by atoms with Crippen molar-refractivity contribution in [3.63, 3.8) is 0 Å². The summed E-state index contributed by atoms with van der Waals surface area (Å²) in [6.07, 6.45) is 2.90. The molecule has 0 unspecified atom stereocenters. The van der Waals surface area contributed by atoms with Gasteiger partial charge >= 0.3 is 0 Å². The lowest BCUT2D eigenvalue weighted by atomic mass is 10.3. The molecule has 1 aliphatic rings. The van der Waals surface area contributed by atoms with Crippen LogP contribution in [0.25, 0.3) is 0 Å². The summed E-state index contributed by atoms with van der Waals surface area (Å²) in [5.41, 5.74) is 0. The van der Waals surface area contributed by atoms with E-state index in [0.29, 0.717) is 0 Å². The van der Waals surface area contributed by atoms with Crippen molar-refractivity contribution in [2.24, 2.45) is 11.8 Å². The third-order valence-corrected chi connectivity index (χ3v) is 1.80. The summed E-state index contributed by atoms with van der Waals surface area (Å²) >= 11 is 0. The fourth-order valence-corrected chi connectivity index (χ4v) is 0.968. The molecule has 52 valence electrons. The van der Waals surface area contributed by atoms with E-state index in [2.05, 4.69) is 13.8 Å². The van der Waals surface area contributed by atoms with Crippen LogP contribution in [0.4, 0.5) is 0 Å². The molecule has 0 nitrogen and oxygen atoms in total. The van der Waals surface area contributed by atoms with Gasteiger partial charge in [-0.2, -0.15) is 27.0 Å². The van der Waals surface area contributed by atoms with Crippen molar-refractivity contribution in [2.75, 3.05) is 0 Å². The number of rotatable bonds is 1. The van der Waals surface area contributed by atoms with E-state index < -0.39 is 0 Å². The highest BCUT2D eigenvalue weighted by atomic mass is 32.1. The van der Waals surface area contributed by atoms with Crippen LogP contribution in [0.1, 0.15) is 26.7 Å². The third kappa shape index (κ3) is 2.88. The van der Waals surface area contributed by atoms with Crippen LogP contribution in [0.15, 0.2) is 0 Å². The minimum atomic E-state index is 0. The van der Waals surface area contributed by atoms with Gasteiger partial charge in [0.05, 0.1) is 0 Å². The molecule has 0 aromatic carbocycles. The Bertz CT molecular complexity index is 52.5. The summed E-state index contributed by atoms with van der Waals surface area (Å²) in [6, 6.07) is 0. The fourth-order valence-electron chi connectivity index (χ4n) is 0.968. The van der Waals surface area contributed by atoms with Crippen molar-refractivity contribution >= 4 is 27.0 Å². The second-order valence-corrected chi connectivity index (χ2v) is 2.38. The highest BCUT2D eigenvalue weighted by Gasteiger charge is 2.29. The predicted octanol–water partition coefficient (Wildman–Crippen LogP) is 2.28. The molecule has 1 fully saturated rings. The minimum Gasteiger partial charge on any atom is -0.197 e. The molecule has 0 N–H and O–H groups in total. The number of hydrogen-bond acceptors (Lipinski definition) is 0. The maximum atomic E-state index is 2.33. The minimum absolute atomic E-state index is 0. The van der Waals surface area contributed by atoms with Gasteiger partial charge in [-0.15, -0.1) is 0 Å². The van der Waals surface area contributed by atoms with Crippen LogP contribution in [-0.4, -0.2) is 0 Å². The standard InChI is InChI=1S/C6H12.2H2S/c1-3-6-4-5(6)2;;/h5-6H,3-4H2,1-2H3;2*1H2/t5-,6-;;/m0../s1. The molecule has 2 heteroatoms. The van der Waals surface area contributed by atoms with E-state index in [9.17, 15) is 0 Å². The van der Waals surface area contributed by atoms with Crippen LogP contribution < -0.4 is 0 Å². The Morgan fingerprint density at radius 3 is 1.75 bits per heavy atom. The number of hydrogen-bond donors (Lipinski definition) is 0. The molecule has 0 aromatic heterocycles. The van der Waals surface area contributed by atoms with Crippen molar-refractivity contribution in [1.82, 2.24) is 0 Å². The van der Waals surface area contributed by atoms with E-state index in [1.807, 2.05) is 0 Å². The van der Waals surface area contributed by atoms with Crippen molar-refractivity contribution in [3.05, 3.63) is 0 Å². The van der Waals surface area contributed by atoms with Gasteiger partial charge in [0.15, 0.2) is 0 Å². The molecule has 0 aliphatic heterocycles. The van der Waals surface area contributed by atoms with Gasteiger partial charge in [0.2, 0.25) is 0 Å². The van der Waals surface area contributed by atoms with Gasteiger partial charge in [-0.3, -0.25) is 0 Å². The van der Waals surface area contributed by atoms with Crippen molar-refractivity contribution < 1.29 is 0 Å². The molecule has 1 rings (SSSR count). The highest BCUT2D eigenvalue weighted by Crippen LogP contribution is 2.39. The van der Waals surface area contributed by atoms with Gasteiger partial charge in [-0.05, 0) is 18.3 Å². The largest absolute Gasteiger partial charge is 0.197 e. The summed E-state index contributed by atoms with van der Waals surface area (Å²) in [6.45, 7) is 4.60. The first-order chi connectivity index (χ1) is 2.84. The van der Waals surface area contributed by atoms with E-state index in [-0.39, 0.29) is 27.0 Å². The topological polar surface area (TPSA) is 0 Å². The van der Waals surface area contributed by atoms with Gasteiger partial charge in [0, 0.05) is 0 Å². The van der Waals surface area contributed by atoms with Gasteiger partial charge in [0.1, 0.15) is 0 Å². The normalized spacial score (nSPS) is 32.2. The van der Waals surface area contributed by atoms with E-state index in [4.69, 9.17) is 0 Å². The van der Waals surface area contributed by atoms with Crippen molar-refractivity contribution in [3.8, 4) is 0 Å². The van der Waals surface area contributed by atoms with Crippen molar-refractivity contribution in [2.45, 2.75) is 26.7 Å². The second-order valence-electron chi connectivity index (χ2n) is 2.38. The third-order valence-electron chi connectivity index (χ3n) is 1.80. The van der Waals surface area contributed by atoms with Crippen LogP contribution >= 0.6 is 27.0 Å². The molecule has 0 bridgehead atoms. The Kier molecular flexibility index (Phi) is 6.56. The zero-order valence-electron chi connectivity index (χ0n) is 5.57. The van der Waals surface area contributed by atoms with Gasteiger partial charge in [-0.1, -0.05) is 20.3 Å². The quantitative estimate of drug-likeness (QED) is 0.541. The summed E-state index contributed by atoms with van der Waals surface area (Å²) in [5, 5.41) is 0. The molecular weight excluding hydrogens is 136 g/mol. The first-order valence-corrected chi connectivity index (χ1v) is 2.84. The van der Waals surface area contributed by atoms with Crippen LogP contribution in [0.2, 0.25) is 0 Å². The Hall–Kier alpha value is 0.700. The molecule has 1 saturated carbocycles. The lowest BCUT2D eigenvalue weighted by Crippen LogP contribution is -1.68. The summed E-state index contributed by atoms with van der Waals surface area (Å²) in [7, 11) is 0. The summed E-state index contributed by atoms with van der Waals surface area (Å²) in [4.78, 5) is 0. The van der Waals surface area contributed by atoms with Crippen LogP contribution in [-0.2, 0) is 0 Å². The monoisotopic (exact) mass is 152 g/mol. The zero-order valence-corrected chi connectivity index (χ0v) is 7.57. The van der Waals surface area contributed by atoms with Crippen LogP contribution in [0.5, 0.6) is 0 Å². The molecule has 0 spiro atoms. The zero-order chi connectivity index (χ0) is 4.57. The van der Waals surface area contributed by atoms with E-state index in [1.165, 1.54) is 12.8 Å². The Morgan fingerprint density at radius 1 is 1.38 bits per heavy atom. The summed E-state index contributed by atoms with van der Waals surface area (Å²) in [5.74, 6) is 2.17. The molecule has 0 saturated heterocycles. The van der Waals surface area contributed by atoms with E-state index in [0.717, 1.165) is 11.8 Å². The Balaban J connectivity index is 0. The molecule has 0 amide bonds. The van der Waals surface area contributed by atoms with Gasteiger partial charge in [0.25, 0.3) is 0 Å². The van der Waals surface area contributed by atoms with Gasteiger partial charge < -0.3 is 0 Å². The first kappa shape index (κ1) is 11.5. The van der Waals surface area contributed by atoms with E-state index >= 15 is 0 Å². The lowest BCUT2D eigenvalue weighted by molar-refractivity contribution is 0.724. The molecule has 2 atom stereocenters. The highest BCUT2D eigenvalue weighted by molar-refractivity contribution is 7.59. The van der Waals surface area contributed by atoms with E-state index in [1.54, 1.807) is 0 Å². The SMILES string of the molecule is CC[C@H]1C[C@@H]1C.S.S. The molecule has 8 heavy (non-hydrogen) atoms. The maximum Gasteiger partial charge on any atom is -0.0388 e. The molecule has 0 heterocycles. The molecule has 1 aliphatic carbocycles. The molecule has 0 radical (unpaired) electrons. The lowest BCUT2D eigenvalue weighted by Gasteiger charge is -1.79. The van der Waals surface area contributed by atoms with Crippen molar-refractivity contribution in [1.29, 1.82) is 0 Å². The van der Waals surface area contributed by atoms with Crippen LogP contribution in [0.3, 0.4) is 0 Å². The second kappa shape index (κ2) is 4.57. The molecular formula is C6H16S2. The maximum absolute atomic E-state index is 2.33. The summed E-state index contributed by atoms with van der Waals surface area (Å²) < 4.78 is 0. The van der Waals surface area contributed by atoms with Gasteiger partial charge in [-0.25, -0.2) is 0 Å².